The third-order valence-corrected chi connectivity index (χ3v) is 2.59. The summed E-state index contributed by atoms with van der Waals surface area (Å²) in [6, 6.07) is 7.41. The lowest BCUT2D eigenvalue weighted by molar-refractivity contribution is 1.17. The first-order valence-electron chi connectivity index (χ1n) is 4.51. The van der Waals surface area contributed by atoms with Crippen molar-refractivity contribution in [2.45, 2.75) is 0 Å². The summed E-state index contributed by atoms with van der Waals surface area (Å²) >= 11 is 3.39. The maximum atomic E-state index is 8.73. The fraction of sp³-hybridized carbons (Fsp3) is 0. The van der Waals surface area contributed by atoms with Crippen LogP contribution in [0.3, 0.4) is 0 Å². The first-order chi connectivity index (χ1) is 7.79. The minimum absolute atomic E-state index is 0.613. The van der Waals surface area contributed by atoms with Gasteiger partial charge in [-0.2, -0.15) is 5.26 Å². The fourth-order valence-electron chi connectivity index (χ4n) is 1.21. The molecule has 0 saturated heterocycles. The summed E-state index contributed by atoms with van der Waals surface area (Å²) in [5.74, 6) is 0. The van der Waals surface area contributed by atoms with E-state index in [2.05, 4.69) is 37.3 Å². The van der Waals surface area contributed by atoms with Crippen LogP contribution in [0.1, 0.15) is 5.56 Å². The predicted molar refractivity (Wildman–Crippen MR) is 64.2 cm³/mol. The number of hydrogen-bond acceptors (Lipinski definition) is 4. The molecule has 5 heteroatoms. The maximum Gasteiger partial charge on any atom is 0.115 e. The van der Waals surface area contributed by atoms with Gasteiger partial charge in [0, 0.05) is 4.47 Å². The van der Waals surface area contributed by atoms with Crippen molar-refractivity contribution in [3.63, 3.8) is 0 Å². The third-order valence-electron chi connectivity index (χ3n) is 1.94. The van der Waals surface area contributed by atoms with E-state index >= 15 is 0 Å². The number of nitrogens with one attached hydrogen (secondary N) is 1. The van der Waals surface area contributed by atoms with E-state index in [1.165, 1.54) is 6.33 Å². The molecule has 4 nitrogen and oxygen atoms in total. The van der Waals surface area contributed by atoms with Crippen LogP contribution in [0.25, 0.3) is 0 Å². The van der Waals surface area contributed by atoms with E-state index in [9.17, 15) is 0 Å². The summed E-state index contributed by atoms with van der Waals surface area (Å²) in [5, 5.41) is 11.9. The molecule has 1 heterocycles. The Morgan fingerprint density at radius 1 is 1.25 bits per heavy atom. The van der Waals surface area contributed by atoms with Gasteiger partial charge in [0.15, 0.2) is 0 Å². The van der Waals surface area contributed by atoms with Gasteiger partial charge in [-0.05, 0) is 34.1 Å². The summed E-state index contributed by atoms with van der Waals surface area (Å²) in [4.78, 5) is 7.81. The Morgan fingerprint density at radius 3 is 2.62 bits per heavy atom. The molecule has 1 aromatic carbocycles. The van der Waals surface area contributed by atoms with Crippen LogP contribution >= 0.6 is 15.9 Å². The summed E-state index contributed by atoms with van der Waals surface area (Å²) in [7, 11) is 0. The van der Waals surface area contributed by atoms with Gasteiger partial charge in [0.05, 0.1) is 35.4 Å². The van der Waals surface area contributed by atoms with E-state index in [1.54, 1.807) is 24.5 Å². The zero-order valence-corrected chi connectivity index (χ0v) is 9.77. The van der Waals surface area contributed by atoms with Crippen LogP contribution in [0.15, 0.2) is 41.4 Å². The SMILES string of the molecule is N#Cc1ccc(Nc2cncnc2)c(Br)c1. The Labute approximate surface area is 101 Å². The molecule has 0 aliphatic rings. The van der Waals surface area contributed by atoms with Gasteiger partial charge in [-0.15, -0.1) is 0 Å². The highest BCUT2D eigenvalue weighted by Crippen LogP contribution is 2.26. The fourth-order valence-corrected chi connectivity index (χ4v) is 1.68. The molecule has 0 bridgehead atoms. The number of benzene rings is 1. The van der Waals surface area contributed by atoms with Crippen molar-refractivity contribution in [1.29, 1.82) is 5.26 Å². The van der Waals surface area contributed by atoms with Crippen molar-refractivity contribution in [2.24, 2.45) is 0 Å². The number of rotatable bonds is 2. The summed E-state index contributed by atoms with van der Waals surface area (Å²) in [6.07, 6.45) is 4.83. The lowest BCUT2D eigenvalue weighted by Crippen LogP contribution is -1.93. The second-order valence-corrected chi connectivity index (χ2v) is 3.91. The van der Waals surface area contributed by atoms with Crippen molar-refractivity contribution in [2.75, 3.05) is 5.32 Å². The Balaban J connectivity index is 2.27. The number of aromatic nitrogens is 2. The molecule has 1 N–H and O–H groups in total. The van der Waals surface area contributed by atoms with Gasteiger partial charge in [0.1, 0.15) is 6.33 Å². The lowest BCUT2D eigenvalue weighted by Gasteiger charge is -2.07. The van der Waals surface area contributed by atoms with Crippen LogP contribution < -0.4 is 5.32 Å². The Hall–Kier alpha value is -1.93. The van der Waals surface area contributed by atoms with Crippen molar-refractivity contribution in [3.8, 4) is 6.07 Å². The first kappa shape index (κ1) is 10.6. The van der Waals surface area contributed by atoms with E-state index in [0.717, 1.165) is 15.8 Å². The highest BCUT2D eigenvalue weighted by molar-refractivity contribution is 9.10. The first-order valence-corrected chi connectivity index (χ1v) is 5.30. The van der Waals surface area contributed by atoms with Crippen molar-refractivity contribution >= 4 is 27.3 Å². The van der Waals surface area contributed by atoms with E-state index in [4.69, 9.17) is 5.26 Å². The summed E-state index contributed by atoms with van der Waals surface area (Å²) < 4.78 is 0.829. The monoisotopic (exact) mass is 274 g/mol. The highest BCUT2D eigenvalue weighted by Gasteiger charge is 2.01. The molecular weight excluding hydrogens is 268 g/mol. The van der Waals surface area contributed by atoms with Crippen LogP contribution in [-0.2, 0) is 0 Å². The normalized spacial score (nSPS) is 9.50. The zero-order valence-electron chi connectivity index (χ0n) is 8.18. The lowest BCUT2D eigenvalue weighted by atomic mass is 10.2. The molecule has 1 aromatic heterocycles. The molecule has 2 aromatic rings. The molecular formula is C11H7BrN4. The molecule has 16 heavy (non-hydrogen) atoms. The topological polar surface area (TPSA) is 61.6 Å². The minimum Gasteiger partial charge on any atom is -0.352 e. The Kier molecular flexibility index (Phi) is 3.13. The van der Waals surface area contributed by atoms with Crippen LogP contribution in [0.5, 0.6) is 0 Å². The molecule has 2 rings (SSSR count). The summed E-state index contributed by atoms with van der Waals surface area (Å²) in [6.45, 7) is 0. The molecule has 0 radical (unpaired) electrons. The van der Waals surface area contributed by atoms with Gasteiger partial charge in [-0.25, -0.2) is 9.97 Å². The van der Waals surface area contributed by atoms with Crippen molar-refractivity contribution in [1.82, 2.24) is 9.97 Å². The van der Waals surface area contributed by atoms with Crippen LogP contribution in [0.4, 0.5) is 11.4 Å². The van der Waals surface area contributed by atoms with Crippen LogP contribution in [-0.4, -0.2) is 9.97 Å². The molecule has 0 fully saturated rings. The van der Waals surface area contributed by atoms with E-state index < -0.39 is 0 Å². The molecule has 0 saturated carbocycles. The van der Waals surface area contributed by atoms with Crippen LogP contribution in [0.2, 0.25) is 0 Å². The standard InChI is InChI=1S/C11H7BrN4/c12-10-3-8(4-13)1-2-11(10)16-9-5-14-7-15-6-9/h1-3,5-7,16H. The van der Waals surface area contributed by atoms with E-state index in [1.807, 2.05) is 6.07 Å². The van der Waals surface area contributed by atoms with E-state index in [0.29, 0.717) is 5.56 Å². The average Bonchev–Trinajstić information content (AvgIpc) is 2.33. The van der Waals surface area contributed by atoms with Gasteiger partial charge in [-0.1, -0.05) is 0 Å². The van der Waals surface area contributed by atoms with Gasteiger partial charge < -0.3 is 5.32 Å². The summed E-state index contributed by atoms with van der Waals surface area (Å²) in [5.41, 5.74) is 2.28. The largest absolute Gasteiger partial charge is 0.352 e. The van der Waals surface area contributed by atoms with Crippen molar-refractivity contribution in [3.05, 3.63) is 47.0 Å². The number of halogens is 1. The maximum absolute atomic E-state index is 8.73. The second kappa shape index (κ2) is 4.73. The molecule has 0 spiro atoms. The van der Waals surface area contributed by atoms with Gasteiger partial charge in [0.25, 0.3) is 0 Å². The Bertz CT molecular complexity index is 533. The third kappa shape index (κ3) is 2.35. The molecule has 78 valence electrons. The average molecular weight is 275 g/mol. The van der Waals surface area contributed by atoms with Gasteiger partial charge in [-0.3, -0.25) is 0 Å². The number of nitriles is 1. The predicted octanol–water partition coefficient (Wildman–Crippen LogP) is 2.85. The minimum atomic E-state index is 0.613. The molecule has 0 atom stereocenters. The van der Waals surface area contributed by atoms with Crippen molar-refractivity contribution < 1.29 is 0 Å². The molecule has 0 unspecified atom stereocenters. The zero-order chi connectivity index (χ0) is 11.4. The number of nitrogens with zero attached hydrogens (tertiary/aromatic N) is 3. The molecule has 0 aliphatic carbocycles. The second-order valence-electron chi connectivity index (χ2n) is 3.06. The smallest absolute Gasteiger partial charge is 0.115 e. The molecule has 0 aliphatic heterocycles. The highest BCUT2D eigenvalue weighted by atomic mass is 79.9. The Morgan fingerprint density at radius 2 is 2.00 bits per heavy atom. The number of anilines is 2. The quantitative estimate of drug-likeness (QED) is 0.915. The van der Waals surface area contributed by atoms with Crippen LogP contribution in [0, 0.1) is 11.3 Å². The number of hydrogen-bond donors (Lipinski definition) is 1. The van der Waals surface area contributed by atoms with Gasteiger partial charge >= 0.3 is 0 Å². The van der Waals surface area contributed by atoms with Gasteiger partial charge in [0.2, 0.25) is 0 Å². The molecule has 0 amide bonds. The van der Waals surface area contributed by atoms with E-state index in [-0.39, 0.29) is 0 Å².